The van der Waals surface area contributed by atoms with E-state index in [1.807, 2.05) is 10.7 Å². The Hall–Kier alpha value is -1.49. The number of aryl methyl sites for hydroxylation is 1. The summed E-state index contributed by atoms with van der Waals surface area (Å²) in [5.74, 6) is 1.93. The molecule has 88 valence electrons. The molecule has 0 fully saturated rings. The Kier molecular flexibility index (Phi) is 2.55. The summed E-state index contributed by atoms with van der Waals surface area (Å²) in [6.07, 6.45) is 0. The lowest BCUT2D eigenvalue weighted by Crippen LogP contribution is -2.32. The van der Waals surface area contributed by atoms with Crippen LogP contribution in [0.5, 0.6) is 0 Å². The van der Waals surface area contributed by atoms with Gasteiger partial charge in [-0.25, -0.2) is 4.68 Å². The van der Waals surface area contributed by atoms with Gasteiger partial charge in [-0.2, -0.15) is 0 Å². The second-order valence-corrected chi connectivity index (χ2v) is 5.34. The molecule has 3 rings (SSSR count). The third-order valence-corrected chi connectivity index (χ3v) is 3.91. The van der Waals surface area contributed by atoms with Crippen LogP contribution in [-0.2, 0) is 0 Å². The van der Waals surface area contributed by atoms with E-state index in [2.05, 4.69) is 47.7 Å². The molecule has 1 atom stereocenters. The van der Waals surface area contributed by atoms with Crippen LogP contribution in [0.25, 0.3) is 11.4 Å². The lowest BCUT2D eigenvalue weighted by Gasteiger charge is -2.22. The van der Waals surface area contributed by atoms with Crippen molar-refractivity contribution in [3.63, 3.8) is 0 Å². The molecule has 17 heavy (non-hydrogen) atoms. The molecule has 2 heterocycles. The summed E-state index contributed by atoms with van der Waals surface area (Å²) in [4.78, 5) is 0. The van der Waals surface area contributed by atoms with Crippen molar-refractivity contribution >= 4 is 11.8 Å². The molecule has 0 radical (unpaired) electrons. The Bertz CT molecular complexity index is 549. The van der Waals surface area contributed by atoms with Gasteiger partial charge in [0.25, 0.3) is 0 Å². The van der Waals surface area contributed by atoms with Crippen molar-refractivity contribution in [2.24, 2.45) is 0 Å². The topological polar surface area (TPSA) is 42.7 Å². The van der Waals surface area contributed by atoms with Gasteiger partial charge in [-0.05, 0) is 19.9 Å². The zero-order valence-corrected chi connectivity index (χ0v) is 10.7. The summed E-state index contributed by atoms with van der Waals surface area (Å²) in [6.45, 7) is 4.25. The number of benzene rings is 1. The molecule has 1 unspecified atom stereocenters. The highest BCUT2D eigenvalue weighted by molar-refractivity contribution is 7.99. The van der Waals surface area contributed by atoms with Crippen LogP contribution in [0.15, 0.2) is 29.4 Å². The van der Waals surface area contributed by atoms with Crippen molar-refractivity contribution in [1.82, 2.24) is 14.9 Å². The SMILES string of the molecule is Cc1cccc(-c2nnc3n2NC(C)CS3)c1. The van der Waals surface area contributed by atoms with E-state index in [-0.39, 0.29) is 0 Å². The van der Waals surface area contributed by atoms with Crippen LogP contribution >= 0.6 is 11.8 Å². The van der Waals surface area contributed by atoms with Crippen LogP contribution in [0.4, 0.5) is 0 Å². The summed E-state index contributed by atoms with van der Waals surface area (Å²) in [5, 5.41) is 9.43. The third-order valence-electron chi connectivity index (χ3n) is 2.72. The standard InChI is InChI=1S/C12H14N4S/c1-8-4-3-5-10(6-8)11-13-14-12-16(11)15-9(2)7-17-12/h3-6,9,15H,7H2,1-2H3. The number of nitrogens with zero attached hydrogens (tertiary/aromatic N) is 3. The molecule has 0 saturated heterocycles. The second kappa shape index (κ2) is 4.07. The summed E-state index contributed by atoms with van der Waals surface area (Å²) in [6, 6.07) is 8.76. The normalized spacial score (nSPS) is 18.6. The molecule has 5 heteroatoms. The van der Waals surface area contributed by atoms with E-state index < -0.39 is 0 Å². The van der Waals surface area contributed by atoms with Crippen LogP contribution < -0.4 is 5.43 Å². The average Bonchev–Trinajstić information content (AvgIpc) is 2.71. The molecule has 0 spiro atoms. The first-order valence-electron chi connectivity index (χ1n) is 5.66. The molecule has 0 bridgehead atoms. The number of thioether (sulfide) groups is 1. The van der Waals surface area contributed by atoms with E-state index in [9.17, 15) is 0 Å². The average molecular weight is 246 g/mol. The molecule has 0 aliphatic carbocycles. The van der Waals surface area contributed by atoms with Gasteiger partial charge in [-0.1, -0.05) is 35.5 Å². The van der Waals surface area contributed by atoms with E-state index in [0.717, 1.165) is 22.3 Å². The predicted octanol–water partition coefficient (Wildman–Crippen LogP) is 2.29. The highest BCUT2D eigenvalue weighted by Gasteiger charge is 2.20. The molecule has 4 nitrogen and oxygen atoms in total. The number of rotatable bonds is 1. The van der Waals surface area contributed by atoms with Crippen molar-refractivity contribution in [3.8, 4) is 11.4 Å². The summed E-state index contributed by atoms with van der Waals surface area (Å²) >= 11 is 1.74. The van der Waals surface area contributed by atoms with Gasteiger partial charge < -0.3 is 5.43 Å². The maximum Gasteiger partial charge on any atom is 0.210 e. The predicted molar refractivity (Wildman–Crippen MR) is 69.7 cm³/mol. The molecular formula is C12H14N4S. The number of fused-ring (bicyclic) bond motifs is 1. The maximum absolute atomic E-state index is 4.27. The van der Waals surface area contributed by atoms with Gasteiger partial charge in [0, 0.05) is 17.4 Å². The molecule has 1 aliphatic rings. The summed E-state index contributed by atoms with van der Waals surface area (Å²) in [5.41, 5.74) is 5.73. The lowest BCUT2D eigenvalue weighted by molar-refractivity contribution is 0.672. The first-order chi connectivity index (χ1) is 8.24. The maximum atomic E-state index is 4.27. The van der Waals surface area contributed by atoms with Crippen LogP contribution in [-0.4, -0.2) is 26.7 Å². The quantitative estimate of drug-likeness (QED) is 0.838. The van der Waals surface area contributed by atoms with Gasteiger partial charge in [-0.3, -0.25) is 0 Å². The minimum Gasteiger partial charge on any atom is -0.318 e. The fraction of sp³-hybridized carbons (Fsp3) is 0.333. The van der Waals surface area contributed by atoms with Gasteiger partial charge in [0.15, 0.2) is 5.82 Å². The number of hydrogen-bond acceptors (Lipinski definition) is 4. The summed E-state index contributed by atoms with van der Waals surface area (Å²) in [7, 11) is 0. The molecule has 1 N–H and O–H groups in total. The Morgan fingerprint density at radius 1 is 1.41 bits per heavy atom. The van der Waals surface area contributed by atoms with Crippen molar-refractivity contribution in [2.75, 3.05) is 11.2 Å². The first-order valence-corrected chi connectivity index (χ1v) is 6.64. The van der Waals surface area contributed by atoms with Gasteiger partial charge in [0.2, 0.25) is 5.16 Å². The number of hydrogen-bond donors (Lipinski definition) is 1. The van der Waals surface area contributed by atoms with Gasteiger partial charge >= 0.3 is 0 Å². The lowest BCUT2D eigenvalue weighted by atomic mass is 10.1. The van der Waals surface area contributed by atoms with Crippen molar-refractivity contribution in [2.45, 2.75) is 25.0 Å². The smallest absolute Gasteiger partial charge is 0.210 e. The van der Waals surface area contributed by atoms with Crippen LogP contribution in [0.3, 0.4) is 0 Å². The van der Waals surface area contributed by atoms with E-state index in [0.29, 0.717) is 6.04 Å². The molecule has 0 amide bonds. The van der Waals surface area contributed by atoms with Crippen molar-refractivity contribution < 1.29 is 0 Å². The molecule has 1 aliphatic heterocycles. The zero-order chi connectivity index (χ0) is 11.8. The van der Waals surface area contributed by atoms with Crippen molar-refractivity contribution in [3.05, 3.63) is 29.8 Å². The zero-order valence-electron chi connectivity index (χ0n) is 9.84. The number of nitrogens with one attached hydrogen (secondary N) is 1. The Labute approximate surface area is 104 Å². The van der Waals surface area contributed by atoms with Crippen LogP contribution in [0.2, 0.25) is 0 Å². The Morgan fingerprint density at radius 2 is 2.29 bits per heavy atom. The van der Waals surface area contributed by atoms with E-state index in [4.69, 9.17) is 0 Å². The molecular weight excluding hydrogens is 232 g/mol. The second-order valence-electron chi connectivity index (χ2n) is 4.35. The van der Waals surface area contributed by atoms with Gasteiger partial charge in [-0.15, -0.1) is 10.2 Å². The molecule has 1 aromatic carbocycles. The van der Waals surface area contributed by atoms with Crippen LogP contribution in [0.1, 0.15) is 12.5 Å². The molecule has 2 aromatic rings. The highest BCUT2D eigenvalue weighted by atomic mass is 32.2. The minimum atomic E-state index is 0.437. The highest BCUT2D eigenvalue weighted by Crippen LogP contribution is 2.26. The van der Waals surface area contributed by atoms with E-state index >= 15 is 0 Å². The van der Waals surface area contributed by atoms with Crippen molar-refractivity contribution in [1.29, 1.82) is 0 Å². The van der Waals surface area contributed by atoms with Gasteiger partial charge in [0.05, 0.1) is 0 Å². The monoisotopic (exact) mass is 246 g/mol. The molecule has 1 aromatic heterocycles. The third kappa shape index (κ3) is 1.91. The number of aromatic nitrogens is 3. The summed E-state index contributed by atoms with van der Waals surface area (Å²) < 4.78 is 1.99. The fourth-order valence-electron chi connectivity index (χ4n) is 1.91. The van der Waals surface area contributed by atoms with Crippen LogP contribution in [0, 0.1) is 6.92 Å². The largest absolute Gasteiger partial charge is 0.318 e. The Morgan fingerprint density at radius 3 is 3.12 bits per heavy atom. The fourth-order valence-corrected chi connectivity index (χ4v) is 2.75. The molecule has 0 saturated carbocycles. The van der Waals surface area contributed by atoms with Gasteiger partial charge in [0.1, 0.15) is 0 Å². The van der Waals surface area contributed by atoms with E-state index in [1.165, 1.54) is 5.56 Å². The van der Waals surface area contributed by atoms with E-state index in [1.54, 1.807) is 11.8 Å². The Balaban J connectivity index is 2.07. The minimum absolute atomic E-state index is 0.437. The first kappa shape index (κ1) is 10.7.